The Morgan fingerprint density at radius 1 is 1.35 bits per heavy atom. The molecule has 1 fully saturated rings. The molecule has 1 N–H and O–H groups in total. The minimum atomic E-state index is -0.590. The van der Waals surface area contributed by atoms with Crippen LogP contribution < -0.4 is 5.32 Å². The van der Waals surface area contributed by atoms with Gasteiger partial charge in [-0.15, -0.1) is 0 Å². The Kier molecular flexibility index (Phi) is 7.48. The SMILES string of the molecule is COCCCOC1CCCC(NC(C)C)(C(=O)OC)C1. The van der Waals surface area contributed by atoms with E-state index in [1.54, 1.807) is 7.11 Å². The molecule has 1 aliphatic rings. The third-order valence-corrected chi connectivity index (χ3v) is 3.69. The molecule has 0 aromatic carbocycles. The van der Waals surface area contributed by atoms with Gasteiger partial charge in [-0.25, -0.2) is 0 Å². The maximum Gasteiger partial charge on any atom is 0.326 e. The molecule has 0 heterocycles. The number of hydrogen-bond donors (Lipinski definition) is 1. The van der Waals surface area contributed by atoms with Gasteiger partial charge in [0.1, 0.15) is 5.54 Å². The van der Waals surface area contributed by atoms with Crippen molar-refractivity contribution in [2.24, 2.45) is 0 Å². The van der Waals surface area contributed by atoms with Crippen LogP contribution in [0.25, 0.3) is 0 Å². The number of carbonyl (C=O) groups is 1. The van der Waals surface area contributed by atoms with Crippen LogP contribution in [0.1, 0.15) is 46.0 Å². The van der Waals surface area contributed by atoms with Crippen LogP contribution >= 0.6 is 0 Å². The zero-order valence-corrected chi connectivity index (χ0v) is 13.2. The van der Waals surface area contributed by atoms with E-state index in [1.807, 2.05) is 13.8 Å². The molecule has 0 amide bonds. The van der Waals surface area contributed by atoms with Crippen LogP contribution in [0.5, 0.6) is 0 Å². The summed E-state index contributed by atoms with van der Waals surface area (Å²) in [5.74, 6) is -0.170. The van der Waals surface area contributed by atoms with E-state index in [4.69, 9.17) is 14.2 Å². The van der Waals surface area contributed by atoms with Crippen molar-refractivity contribution in [1.29, 1.82) is 0 Å². The highest BCUT2D eigenvalue weighted by Gasteiger charge is 2.44. The molecule has 0 bridgehead atoms. The lowest BCUT2D eigenvalue weighted by atomic mass is 9.79. The normalized spacial score (nSPS) is 26.8. The summed E-state index contributed by atoms with van der Waals surface area (Å²) >= 11 is 0. The van der Waals surface area contributed by atoms with Crippen molar-refractivity contribution in [1.82, 2.24) is 5.32 Å². The molecule has 1 rings (SSSR count). The van der Waals surface area contributed by atoms with Crippen LogP contribution in [0, 0.1) is 0 Å². The summed E-state index contributed by atoms with van der Waals surface area (Å²) in [6, 6.07) is 0.237. The van der Waals surface area contributed by atoms with Gasteiger partial charge in [0.15, 0.2) is 0 Å². The van der Waals surface area contributed by atoms with E-state index in [2.05, 4.69) is 5.32 Å². The van der Waals surface area contributed by atoms with E-state index in [1.165, 1.54) is 7.11 Å². The Hall–Kier alpha value is -0.650. The van der Waals surface area contributed by atoms with Crippen LogP contribution in [0.4, 0.5) is 0 Å². The smallest absolute Gasteiger partial charge is 0.326 e. The van der Waals surface area contributed by atoms with Crippen LogP contribution in [-0.2, 0) is 19.0 Å². The second kappa shape index (κ2) is 8.60. The number of rotatable bonds is 8. The van der Waals surface area contributed by atoms with Gasteiger partial charge in [-0.05, 0) is 39.5 Å². The fraction of sp³-hybridized carbons (Fsp3) is 0.933. The third-order valence-electron chi connectivity index (χ3n) is 3.69. The summed E-state index contributed by atoms with van der Waals surface area (Å²) in [5, 5.41) is 3.40. The largest absolute Gasteiger partial charge is 0.468 e. The summed E-state index contributed by atoms with van der Waals surface area (Å²) in [5.41, 5.74) is -0.590. The molecule has 1 aliphatic carbocycles. The van der Waals surface area contributed by atoms with Crippen molar-refractivity contribution in [2.45, 2.75) is 63.6 Å². The summed E-state index contributed by atoms with van der Waals surface area (Å²) in [6.07, 6.45) is 4.48. The van der Waals surface area contributed by atoms with Gasteiger partial charge in [-0.2, -0.15) is 0 Å². The minimum Gasteiger partial charge on any atom is -0.468 e. The number of esters is 1. The fourth-order valence-electron chi connectivity index (χ4n) is 2.94. The third kappa shape index (κ3) is 5.04. The molecule has 0 aromatic rings. The number of ether oxygens (including phenoxy) is 3. The van der Waals surface area contributed by atoms with Crippen LogP contribution in [0.2, 0.25) is 0 Å². The van der Waals surface area contributed by atoms with Gasteiger partial charge < -0.3 is 14.2 Å². The van der Waals surface area contributed by atoms with Gasteiger partial charge in [0.25, 0.3) is 0 Å². The molecule has 1 saturated carbocycles. The summed E-state index contributed by atoms with van der Waals surface area (Å²) in [6.45, 7) is 5.48. The highest BCUT2D eigenvalue weighted by atomic mass is 16.5. The lowest BCUT2D eigenvalue weighted by Gasteiger charge is -2.40. The van der Waals surface area contributed by atoms with Crippen molar-refractivity contribution < 1.29 is 19.0 Å². The molecule has 5 heteroatoms. The van der Waals surface area contributed by atoms with Gasteiger partial charge in [-0.3, -0.25) is 10.1 Å². The van der Waals surface area contributed by atoms with Crippen molar-refractivity contribution in [3.63, 3.8) is 0 Å². The Labute approximate surface area is 122 Å². The van der Waals surface area contributed by atoms with E-state index in [-0.39, 0.29) is 18.1 Å². The molecule has 118 valence electrons. The molecule has 0 radical (unpaired) electrons. The van der Waals surface area contributed by atoms with Crippen LogP contribution in [0.15, 0.2) is 0 Å². The summed E-state index contributed by atoms with van der Waals surface area (Å²) in [4.78, 5) is 12.2. The van der Waals surface area contributed by atoms with Gasteiger partial charge in [0, 0.05) is 32.8 Å². The predicted octanol–water partition coefficient (Wildman–Crippen LogP) is 1.89. The number of carbonyl (C=O) groups excluding carboxylic acids is 1. The maximum absolute atomic E-state index is 12.2. The van der Waals surface area contributed by atoms with E-state index in [0.717, 1.165) is 25.7 Å². The van der Waals surface area contributed by atoms with Crippen LogP contribution in [-0.4, -0.2) is 51.1 Å². The van der Waals surface area contributed by atoms with E-state index < -0.39 is 5.54 Å². The minimum absolute atomic E-state index is 0.117. The Bertz CT molecular complexity index is 296. The lowest BCUT2D eigenvalue weighted by Crippen LogP contribution is -2.58. The topological polar surface area (TPSA) is 56.8 Å². The first-order valence-corrected chi connectivity index (χ1v) is 7.50. The molecule has 0 aromatic heterocycles. The standard InChI is InChI=1S/C15H29NO4/c1-12(2)16-15(14(17)19-4)8-5-7-13(11-15)20-10-6-9-18-3/h12-13,16H,5-11H2,1-4H3. The first-order chi connectivity index (χ1) is 9.54. The zero-order valence-electron chi connectivity index (χ0n) is 13.2. The monoisotopic (exact) mass is 287 g/mol. The quantitative estimate of drug-likeness (QED) is 0.546. The zero-order chi connectivity index (χ0) is 15.0. The number of hydrogen-bond acceptors (Lipinski definition) is 5. The summed E-state index contributed by atoms with van der Waals surface area (Å²) in [7, 11) is 3.14. The fourth-order valence-corrected chi connectivity index (χ4v) is 2.94. The highest BCUT2D eigenvalue weighted by molar-refractivity contribution is 5.81. The van der Waals surface area contributed by atoms with E-state index >= 15 is 0 Å². The van der Waals surface area contributed by atoms with Crippen molar-refractivity contribution >= 4 is 5.97 Å². The Balaban J connectivity index is 2.58. The predicted molar refractivity (Wildman–Crippen MR) is 77.7 cm³/mol. The van der Waals surface area contributed by atoms with Crippen molar-refractivity contribution in [2.75, 3.05) is 27.4 Å². The van der Waals surface area contributed by atoms with E-state index in [0.29, 0.717) is 19.6 Å². The Morgan fingerprint density at radius 2 is 2.10 bits per heavy atom. The first kappa shape index (κ1) is 17.4. The highest BCUT2D eigenvalue weighted by Crippen LogP contribution is 2.32. The second-order valence-electron chi connectivity index (χ2n) is 5.81. The molecule has 5 nitrogen and oxygen atoms in total. The molecule has 2 atom stereocenters. The van der Waals surface area contributed by atoms with E-state index in [9.17, 15) is 4.79 Å². The molecule has 0 saturated heterocycles. The van der Waals surface area contributed by atoms with Crippen molar-refractivity contribution in [3.05, 3.63) is 0 Å². The van der Waals surface area contributed by atoms with Gasteiger partial charge in [-0.1, -0.05) is 0 Å². The Morgan fingerprint density at radius 3 is 2.70 bits per heavy atom. The van der Waals surface area contributed by atoms with Crippen LogP contribution in [0.3, 0.4) is 0 Å². The maximum atomic E-state index is 12.2. The molecule has 0 aliphatic heterocycles. The lowest BCUT2D eigenvalue weighted by molar-refractivity contribution is -0.153. The second-order valence-corrected chi connectivity index (χ2v) is 5.81. The average molecular weight is 287 g/mol. The van der Waals surface area contributed by atoms with Gasteiger partial charge >= 0.3 is 5.97 Å². The van der Waals surface area contributed by atoms with Gasteiger partial charge in [0.2, 0.25) is 0 Å². The average Bonchev–Trinajstić information content (AvgIpc) is 2.42. The molecule has 2 unspecified atom stereocenters. The summed E-state index contributed by atoms with van der Waals surface area (Å²) < 4.78 is 15.9. The first-order valence-electron chi connectivity index (χ1n) is 7.50. The van der Waals surface area contributed by atoms with Crippen molar-refractivity contribution in [3.8, 4) is 0 Å². The molecule has 20 heavy (non-hydrogen) atoms. The van der Waals surface area contributed by atoms with Gasteiger partial charge in [0.05, 0.1) is 13.2 Å². The number of methoxy groups -OCH3 is 2. The number of nitrogens with one attached hydrogen (secondary N) is 1. The molecular formula is C15H29NO4. The molecular weight excluding hydrogens is 258 g/mol. The molecule has 0 spiro atoms.